The van der Waals surface area contributed by atoms with Gasteiger partial charge in [-0.2, -0.15) is 13.8 Å². The molecule has 0 radical (unpaired) electrons. The molecule has 1 aliphatic rings. The van der Waals surface area contributed by atoms with Gasteiger partial charge in [-0.15, -0.1) is 0 Å². The van der Waals surface area contributed by atoms with Crippen molar-refractivity contribution in [3.05, 3.63) is 82.6 Å². The van der Waals surface area contributed by atoms with Crippen molar-refractivity contribution in [1.82, 2.24) is 14.6 Å². The molecule has 3 N–H and O–H groups in total. The maximum atomic E-state index is 15.0. The minimum atomic E-state index is -4.19. The lowest BCUT2D eigenvalue weighted by atomic mass is 10.1. The van der Waals surface area contributed by atoms with E-state index in [0.717, 1.165) is 12.3 Å². The SMILES string of the molecule is COc1cc(OC)c2oc(COC(=O)Nc3ccn([C@@H]4O[C@H](COP(=O)(S)NC(=O)c5ccccc5)[C@@H](O)C4(F)F)c(=O)n3)cc2c1. The van der Waals surface area contributed by atoms with Crippen molar-refractivity contribution in [2.24, 2.45) is 0 Å². The van der Waals surface area contributed by atoms with E-state index in [1.54, 1.807) is 36.4 Å². The summed E-state index contributed by atoms with van der Waals surface area (Å²) >= 11 is 3.78. The summed E-state index contributed by atoms with van der Waals surface area (Å²) in [7, 11) is 2.94. The Morgan fingerprint density at radius 3 is 2.57 bits per heavy atom. The van der Waals surface area contributed by atoms with Crippen molar-refractivity contribution in [2.45, 2.75) is 31.0 Å². The quantitative estimate of drug-likeness (QED) is 0.130. The Hall–Kier alpha value is -4.48. The van der Waals surface area contributed by atoms with Gasteiger partial charge < -0.3 is 33.0 Å². The number of thiol groups is 1. The van der Waals surface area contributed by atoms with Crippen LogP contribution in [-0.2, 0) is 25.2 Å². The number of aromatic nitrogens is 2. The van der Waals surface area contributed by atoms with Crippen LogP contribution in [0.1, 0.15) is 22.3 Å². The molecule has 1 unspecified atom stereocenters. The van der Waals surface area contributed by atoms with Crippen LogP contribution in [0.2, 0.25) is 0 Å². The number of amides is 2. The van der Waals surface area contributed by atoms with E-state index in [-0.39, 0.29) is 23.7 Å². The molecule has 1 saturated heterocycles. The third-order valence-electron chi connectivity index (χ3n) is 6.79. The van der Waals surface area contributed by atoms with Gasteiger partial charge in [-0.05, 0) is 30.3 Å². The minimum Gasteiger partial charge on any atom is -0.497 e. The average Bonchev–Trinajstić information content (AvgIpc) is 3.56. The van der Waals surface area contributed by atoms with Gasteiger partial charge in [-0.1, -0.05) is 30.4 Å². The number of nitrogens with zero attached hydrogens (tertiary/aromatic N) is 2. The van der Waals surface area contributed by atoms with Crippen LogP contribution in [0.25, 0.3) is 11.0 Å². The molecule has 0 spiro atoms. The Kier molecular flexibility index (Phi) is 9.88. The summed E-state index contributed by atoms with van der Waals surface area (Å²) < 4.78 is 74.6. The highest BCUT2D eigenvalue weighted by atomic mass is 32.7. The molecule has 0 bridgehead atoms. The second kappa shape index (κ2) is 13.7. The van der Waals surface area contributed by atoms with Crippen LogP contribution < -0.4 is 25.6 Å². The third-order valence-corrected chi connectivity index (χ3v) is 8.42. The minimum absolute atomic E-state index is 0.140. The summed E-state index contributed by atoms with van der Waals surface area (Å²) in [5.74, 6) is -3.99. The number of hydrogen-bond acceptors (Lipinski definition) is 12. The zero-order chi connectivity index (χ0) is 33.9. The molecule has 1 fully saturated rings. The Bertz CT molecular complexity index is 1890. The number of aliphatic hydroxyl groups is 1. The van der Waals surface area contributed by atoms with Gasteiger partial charge in [0.1, 0.15) is 23.4 Å². The normalized spacial score (nSPS) is 19.9. The fourth-order valence-corrected chi connectivity index (χ4v) is 5.79. The Morgan fingerprint density at radius 1 is 1.15 bits per heavy atom. The highest BCUT2D eigenvalue weighted by molar-refractivity contribution is 8.45. The molecule has 4 atom stereocenters. The number of anilines is 1. The van der Waals surface area contributed by atoms with E-state index in [1.807, 2.05) is 5.09 Å². The molecular formula is C28H27F2N4O11PS. The van der Waals surface area contributed by atoms with Crippen LogP contribution in [0.5, 0.6) is 11.5 Å². The predicted molar refractivity (Wildman–Crippen MR) is 163 cm³/mol. The fourth-order valence-electron chi connectivity index (χ4n) is 4.52. The number of carbonyl (C=O) groups excluding carboxylic acids is 2. The van der Waals surface area contributed by atoms with Crippen molar-refractivity contribution in [3.63, 3.8) is 0 Å². The molecule has 0 saturated carbocycles. The number of fused-ring (bicyclic) bond motifs is 1. The maximum Gasteiger partial charge on any atom is 0.413 e. The number of benzene rings is 2. The largest absolute Gasteiger partial charge is 0.497 e. The van der Waals surface area contributed by atoms with Gasteiger partial charge in [0.25, 0.3) is 5.91 Å². The molecule has 250 valence electrons. The lowest BCUT2D eigenvalue weighted by molar-refractivity contribution is -0.140. The topological polar surface area (TPSA) is 190 Å². The molecule has 5 rings (SSSR count). The van der Waals surface area contributed by atoms with E-state index in [9.17, 15) is 24.1 Å². The van der Waals surface area contributed by atoms with Crippen molar-refractivity contribution in [1.29, 1.82) is 0 Å². The molecule has 15 nitrogen and oxygen atoms in total. The number of hydrogen-bond donors (Lipinski definition) is 4. The number of ether oxygens (including phenoxy) is 4. The lowest BCUT2D eigenvalue weighted by Crippen LogP contribution is -2.42. The van der Waals surface area contributed by atoms with Crippen LogP contribution in [-0.4, -0.2) is 65.6 Å². The van der Waals surface area contributed by atoms with Gasteiger partial charge in [0, 0.05) is 23.2 Å². The molecule has 4 aromatic rings. The standard InChI is InChI=1S/C28H27F2N4O11PS/c1-40-17-10-16-11-18(44-22(16)19(12-17)41-2)13-42-27(38)32-21-8-9-34(26(37)31-21)25-28(29,30)23(35)20(45-25)14-43-46(39,47)33-24(36)15-6-4-3-5-7-15/h3-12,20,23,25,35H,13-14H2,1-2H3,(H,31,32,37,38)(H2,33,36,39,47)/t20-,23-,25-,46?/m1/s1. The molecule has 1 aliphatic heterocycles. The van der Waals surface area contributed by atoms with Crippen LogP contribution in [0.15, 0.2) is 70.0 Å². The monoisotopic (exact) mass is 696 g/mol. The van der Waals surface area contributed by atoms with E-state index in [2.05, 4.69) is 22.5 Å². The molecule has 3 heterocycles. The highest BCUT2D eigenvalue weighted by Crippen LogP contribution is 2.49. The van der Waals surface area contributed by atoms with Gasteiger partial charge >= 0.3 is 24.4 Å². The van der Waals surface area contributed by atoms with Gasteiger partial charge in [-0.3, -0.25) is 24.3 Å². The van der Waals surface area contributed by atoms with Gasteiger partial charge in [-0.25, -0.2) is 9.59 Å². The first kappa shape index (κ1) is 33.9. The van der Waals surface area contributed by atoms with Gasteiger partial charge in [0.2, 0.25) is 6.23 Å². The summed E-state index contributed by atoms with van der Waals surface area (Å²) in [6.07, 6.45) is -6.82. The highest BCUT2D eigenvalue weighted by Gasteiger charge is 2.60. The third kappa shape index (κ3) is 7.58. The summed E-state index contributed by atoms with van der Waals surface area (Å²) in [6, 6.07) is 13.6. The van der Waals surface area contributed by atoms with Crippen molar-refractivity contribution in [3.8, 4) is 11.5 Å². The van der Waals surface area contributed by atoms with Crippen LogP contribution in [0.4, 0.5) is 19.4 Å². The number of halogens is 2. The second-order valence-corrected chi connectivity index (χ2v) is 13.0. The van der Waals surface area contributed by atoms with Crippen LogP contribution in [0.3, 0.4) is 0 Å². The van der Waals surface area contributed by atoms with E-state index in [1.165, 1.54) is 26.4 Å². The Morgan fingerprint density at radius 2 is 1.89 bits per heavy atom. The van der Waals surface area contributed by atoms with E-state index in [4.69, 9.17) is 27.9 Å². The summed E-state index contributed by atoms with van der Waals surface area (Å²) in [6.45, 7) is -5.39. The predicted octanol–water partition coefficient (Wildman–Crippen LogP) is 4.13. The van der Waals surface area contributed by atoms with Crippen LogP contribution in [0, 0.1) is 0 Å². The first-order chi connectivity index (χ1) is 22.3. The Balaban J connectivity index is 1.19. The maximum absolute atomic E-state index is 15.0. The van der Waals surface area contributed by atoms with Gasteiger partial charge in [0.05, 0.1) is 20.8 Å². The van der Waals surface area contributed by atoms with E-state index >= 15 is 8.78 Å². The number of nitrogens with one attached hydrogen (secondary N) is 2. The summed E-state index contributed by atoms with van der Waals surface area (Å²) in [5.41, 5.74) is -0.729. The van der Waals surface area contributed by atoms with Crippen LogP contribution >= 0.6 is 19.0 Å². The number of methoxy groups -OCH3 is 2. The summed E-state index contributed by atoms with van der Waals surface area (Å²) in [5, 5.41) is 15.1. The van der Waals surface area contributed by atoms with Crippen molar-refractivity contribution < 1.29 is 55.9 Å². The van der Waals surface area contributed by atoms with E-state index in [0.29, 0.717) is 27.0 Å². The smallest absolute Gasteiger partial charge is 0.413 e. The summed E-state index contributed by atoms with van der Waals surface area (Å²) in [4.78, 5) is 40.8. The lowest BCUT2D eigenvalue weighted by Gasteiger charge is -2.21. The average molecular weight is 697 g/mol. The molecule has 2 amide bonds. The first-order valence-corrected chi connectivity index (χ1v) is 16.3. The van der Waals surface area contributed by atoms with Gasteiger partial charge in [0.15, 0.2) is 24.0 Å². The molecule has 2 aromatic heterocycles. The molecule has 19 heteroatoms. The zero-order valence-corrected chi connectivity index (χ0v) is 26.3. The number of alkyl halides is 2. The zero-order valence-electron chi connectivity index (χ0n) is 24.5. The Labute approximate surface area is 269 Å². The molecule has 47 heavy (non-hydrogen) atoms. The number of carbonyl (C=O) groups is 2. The van der Waals surface area contributed by atoms with Crippen molar-refractivity contribution >= 4 is 47.8 Å². The van der Waals surface area contributed by atoms with Crippen molar-refractivity contribution in [2.75, 3.05) is 26.1 Å². The number of aliphatic hydroxyl groups excluding tert-OH is 1. The van der Waals surface area contributed by atoms with E-state index < -0.39 is 55.4 Å². The number of furan rings is 1. The number of rotatable bonds is 11. The molecule has 0 aliphatic carbocycles. The second-order valence-electron chi connectivity index (χ2n) is 9.93. The fraction of sp³-hybridized carbons (Fsp3) is 0.286. The molecular weight excluding hydrogens is 669 g/mol. The molecule has 2 aromatic carbocycles. The first-order valence-electron chi connectivity index (χ1n) is 13.5.